The van der Waals surface area contributed by atoms with Crippen LogP contribution < -0.4 is 10.5 Å². The maximum absolute atomic E-state index is 12.0. The Balaban J connectivity index is 2.14. The van der Waals surface area contributed by atoms with Crippen molar-refractivity contribution >= 4 is 28.1 Å². The van der Waals surface area contributed by atoms with Gasteiger partial charge in [0.25, 0.3) is 5.91 Å². The number of hydrogen-bond acceptors (Lipinski definition) is 4. The highest BCUT2D eigenvalue weighted by molar-refractivity contribution is 6.05. The molecule has 6 heteroatoms. The first kappa shape index (κ1) is 16.1. The number of carbonyl (C=O) groups excluding carboxylic acids is 1. The zero-order chi connectivity index (χ0) is 18.4. The highest BCUT2D eigenvalue weighted by atomic mass is 16.5. The minimum absolute atomic E-state index is 0.347. The van der Waals surface area contributed by atoms with Crippen molar-refractivity contribution < 1.29 is 9.53 Å². The van der Waals surface area contributed by atoms with Gasteiger partial charge in [0.15, 0.2) is 5.65 Å². The molecule has 0 saturated carbocycles. The fraction of sp³-hybridized carbons (Fsp3) is 0.150. The number of carbonyl (C=O) groups is 1. The smallest absolute Gasteiger partial charge is 0.252 e. The van der Waals surface area contributed by atoms with Gasteiger partial charge in [0.1, 0.15) is 11.3 Å². The molecule has 1 amide bonds. The summed E-state index contributed by atoms with van der Waals surface area (Å²) in [7, 11) is 1.64. The summed E-state index contributed by atoms with van der Waals surface area (Å²) in [6.45, 7) is 3.98. The van der Waals surface area contributed by atoms with Crippen LogP contribution in [0.25, 0.3) is 27.9 Å². The monoisotopic (exact) mass is 346 g/mol. The van der Waals surface area contributed by atoms with Crippen molar-refractivity contribution in [2.24, 2.45) is 5.73 Å². The Morgan fingerprint density at radius 3 is 2.42 bits per heavy atom. The summed E-state index contributed by atoms with van der Waals surface area (Å²) >= 11 is 0. The first-order valence-corrected chi connectivity index (χ1v) is 8.23. The lowest BCUT2D eigenvalue weighted by Crippen LogP contribution is -2.10. The second-order valence-corrected chi connectivity index (χ2v) is 6.22. The van der Waals surface area contributed by atoms with Crippen LogP contribution in [0, 0.1) is 13.8 Å². The molecule has 130 valence electrons. The van der Waals surface area contributed by atoms with Crippen molar-refractivity contribution in [2.45, 2.75) is 13.8 Å². The molecule has 4 rings (SSSR count). The van der Waals surface area contributed by atoms with Crippen molar-refractivity contribution in [3.05, 3.63) is 59.3 Å². The van der Waals surface area contributed by atoms with Crippen LogP contribution in [0.15, 0.2) is 42.6 Å². The lowest BCUT2D eigenvalue weighted by atomic mass is 10.1. The van der Waals surface area contributed by atoms with Crippen molar-refractivity contribution in [1.82, 2.24) is 14.5 Å². The van der Waals surface area contributed by atoms with Gasteiger partial charge in [-0.1, -0.05) is 18.2 Å². The van der Waals surface area contributed by atoms with Crippen molar-refractivity contribution in [1.29, 1.82) is 0 Å². The lowest BCUT2D eigenvalue weighted by molar-refractivity contribution is 0.100. The van der Waals surface area contributed by atoms with Gasteiger partial charge in [0.2, 0.25) is 0 Å². The number of methoxy groups -OCH3 is 1. The fourth-order valence-electron chi connectivity index (χ4n) is 3.35. The molecule has 2 heterocycles. The number of aryl methyl sites for hydroxylation is 1. The van der Waals surface area contributed by atoms with Crippen LogP contribution in [-0.4, -0.2) is 27.6 Å². The molecule has 0 bridgehead atoms. The van der Waals surface area contributed by atoms with E-state index in [-0.39, 0.29) is 0 Å². The quantitative estimate of drug-likeness (QED) is 0.617. The molecule has 2 N–H and O–H groups in total. The summed E-state index contributed by atoms with van der Waals surface area (Å²) < 4.78 is 7.33. The van der Waals surface area contributed by atoms with E-state index < -0.39 is 5.91 Å². The number of rotatable bonds is 3. The van der Waals surface area contributed by atoms with E-state index in [1.807, 2.05) is 54.8 Å². The largest absolute Gasteiger partial charge is 0.496 e. The van der Waals surface area contributed by atoms with Gasteiger partial charge < -0.3 is 10.5 Å². The van der Waals surface area contributed by atoms with E-state index in [4.69, 9.17) is 15.5 Å². The molecule has 0 spiro atoms. The van der Waals surface area contributed by atoms with Crippen molar-refractivity contribution in [3.8, 4) is 11.4 Å². The Hall–Kier alpha value is -3.41. The van der Waals surface area contributed by atoms with Gasteiger partial charge in [-0.2, -0.15) is 0 Å². The van der Waals surface area contributed by atoms with Crippen LogP contribution in [0.4, 0.5) is 0 Å². The molecule has 0 unspecified atom stereocenters. The van der Waals surface area contributed by atoms with E-state index in [2.05, 4.69) is 4.98 Å². The normalized spacial score (nSPS) is 11.2. The summed E-state index contributed by atoms with van der Waals surface area (Å²) in [5, 5.41) is 0. The first-order valence-electron chi connectivity index (χ1n) is 8.23. The molecular weight excluding hydrogens is 328 g/mol. The summed E-state index contributed by atoms with van der Waals surface area (Å²) in [6.07, 6.45) is 1.71. The second kappa shape index (κ2) is 5.84. The van der Waals surface area contributed by atoms with E-state index in [0.717, 1.165) is 33.6 Å². The van der Waals surface area contributed by atoms with E-state index >= 15 is 0 Å². The molecule has 0 fully saturated rings. The number of para-hydroxylation sites is 2. The number of primary amides is 1. The van der Waals surface area contributed by atoms with Crippen LogP contribution >= 0.6 is 0 Å². The second-order valence-electron chi connectivity index (χ2n) is 6.22. The van der Waals surface area contributed by atoms with Crippen molar-refractivity contribution in [3.63, 3.8) is 0 Å². The minimum Gasteiger partial charge on any atom is -0.496 e. The average molecular weight is 346 g/mol. The van der Waals surface area contributed by atoms with Gasteiger partial charge in [-0.05, 0) is 37.6 Å². The molecule has 0 radical (unpaired) electrons. The first-order chi connectivity index (χ1) is 12.5. The predicted octanol–water partition coefficient (Wildman–Crippen LogP) is 3.30. The molecule has 6 nitrogen and oxygen atoms in total. The van der Waals surface area contributed by atoms with Crippen LogP contribution in [0.5, 0.6) is 5.75 Å². The van der Waals surface area contributed by atoms with Crippen LogP contribution in [0.3, 0.4) is 0 Å². The lowest BCUT2D eigenvalue weighted by Gasteiger charge is -2.15. The van der Waals surface area contributed by atoms with E-state index in [9.17, 15) is 4.79 Å². The Bertz CT molecular complexity index is 1180. The van der Waals surface area contributed by atoms with Gasteiger partial charge in [-0.15, -0.1) is 0 Å². The number of nitrogens with zero attached hydrogens (tertiary/aromatic N) is 3. The van der Waals surface area contributed by atoms with Gasteiger partial charge in [0, 0.05) is 11.8 Å². The van der Waals surface area contributed by atoms with Crippen LogP contribution in [-0.2, 0) is 0 Å². The van der Waals surface area contributed by atoms with E-state index in [0.29, 0.717) is 16.7 Å². The maximum atomic E-state index is 12.0. The number of amides is 1. The predicted molar refractivity (Wildman–Crippen MR) is 101 cm³/mol. The van der Waals surface area contributed by atoms with Gasteiger partial charge in [0.05, 0.1) is 29.4 Å². The number of ether oxygens (including phenoxy) is 1. The Morgan fingerprint density at radius 2 is 1.77 bits per heavy atom. The molecule has 2 aromatic carbocycles. The van der Waals surface area contributed by atoms with E-state index in [1.165, 1.54) is 0 Å². The molecule has 0 aliphatic heterocycles. The topological polar surface area (TPSA) is 83.0 Å². The van der Waals surface area contributed by atoms with Gasteiger partial charge in [-0.25, -0.2) is 9.97 Å². The highest BCUT2D eigenvalue weighted by Gasteiger charge is 2.20. The maximum Gasteiger partial charge on any atom is 0.252 e. The minimum atomic E-state index is -0.531. The molecule has 0 aliphatic carbocycles. The summed E-state index contributed by atoms with van der Waals surface area (Å²) in [5.41, 5.74) is 11.4. The SMILES string of the molecule is COc1ccc(C)c(-n2cc(C(N)=O)c3nc4ccccc4nc32)c1C. The third kappa shape index (κ3) is 2.30. The number of fused-ring (bicyclic) bond motifs is 2. The fourth-order valence-corrected chi connectivity index (χ4v) is 3.35. The Morgan fingerprint density at radius 1 is 1.08 bits per heavy atom. The average Bonchev–Trinajstić information content (AvgIpc) is 2.99. The van der Waals surface area contributed by atoms with Crippen LogP contribution in [0.1, 0.15) is 21.5 Å². The van der Waals surface area contributed by atoms with Gasteiger partial charge >= 0.3 is 0 Å². The molecule has 4 aromatic rings. The molecule has 2 aromatic heterocycles. The van der Waals surface area contributed by atoms with Crippen molar-refractivity contribution in [2.75, 3.05) is 7.11 Å². The summed E-state index contributed by atoms with van der Waals surface area (Å²) in [5.74, 6) is 0.235. The third-order valence-corrected chi connectivity index (χ3v) is 4.60. The third-order valence-electron chi connectivity index (χ3n) is 4.60. The Labute approximate surface area is 150 Å². The molecule has 26 heavy (non-hydrogen) atoms. The number of nitrogens with two attached hydrogens (primary N) is 1. The highest BCUT2D eigenvalue weighted by Crippen LogP contribution is 2.32. The number of aromatic nitrogens is 3. The summed E-state index contributed by atoms with van der Waals surface area (Å²) in [4.78, 5) is 21.4. The van der Waals surface area contributed by atoms with Gasteiger partial charge in [-0.3, -0.25) is 9.36 Å². The zero-order valence-electron chi connectivity index (χ0n) is 14.8. The Kier molecular flexibility index (Phi) is 3.61. The molecule has 0 atom stereocenters. The summed E-state index contributed by atoms with van der Waals surface area (Å²) in [6, 6.07) is 11.5. The number of benzene rings is 2. The molecule has 0 saturated heterocycles. The standard InChI is InChI=1S/C20H18N4O2/c1-11-8-9-16(26-3)12(2)18(11)24-10-13(19(21)25)17-20(24)23-15-7-5-4-6-14(15)22-17/h4-10H,1-3H3,(H2,21,25). The van der Waals surface area contributed by atoms with Crippen LogP contribution in [0.2, 0.25) is 0 Å². The number of hydrogen-bond donors (Lipinski definition) is 1. The molecular formula is C20H18N4O2. The molecule has 0 aliphatic rings. The zero-order valence-corrected chi connectivity index (χ0v) is 14.8. The van der Waals surface area contributed by atoms with E-state index in [1.54, 1.807) is 13.3 Å².